The number of carbonyl (C=O) groups is 2. The molecule has 0 saturated heterocycles. The minimum Gasteiger partial charge on any atom is -0.431 e. The third-order valence-corrected chi connectivity index (χ3v) is 2.91. The normalized spacial score (nSPS) is 17.6. The van der Waals surface area contributed by atoms with Gasteiger partial charge >= 0.3 is 12.1 Å². The van der Waals surface area contributed by atoms with Gasteiger partial charge < -0.3 is 18.9 Å². The number of hydrogen-bond donors (Lipinski definition) is 0. The molecule has 0 radical (unpaired) electrons. The lowest BCUT2D eigenvalue weighted by Gasteiger charge is -2.22. The minimum atomic E-state index is -0.977. The van der Waals surface area contributed by atoms with Gasteiger partial charge in [0.15, 0.2) is 0 Å². The lowest BCUT2D eigenvalue weighted by Crippen LogP contribution is -2.28. The van der Waals surface area contributed by atoms with E-state index in [9.17, 15) is 9.59 Å². The first-order valence-electron chi connectivity index (χ1n) is 7.15. The van der Waals surface area contributed by atoms with Gasteiger partial charge in [-0.2, -0.15) is 0 Å². The summed E-state index contributed by atoms with van der Waals surface area (Å²) >= 11 is 0. The summed E-state index contributed by atoms with van der Waals surface area (Å²) in [6, 6.07) is 0. The van der Waals surface area contributed by atoms with E-state index in [2.05, 4.69) is 0 Å². The van der Waals surface area contributed by atoms with Crippen LogP contribution in [-0.4, -0.2) is 37.2 Å². The Morgan fingerprint density at radius 3 is 2.30 bits per heavy atom. The first kappa shape index (κ1) is 16.8. The maximum Gasteiger partial charge on any atom is 0.511 e. The molecule has 1 fully saturated rings. The molecule has 0 spiro atoms. The first-order chi connectivity index (χ1) is 9.47. The zero-order valence-corrected chi connectivity index (χ0v) is 12.4. The highest BCUT2D eigenvalue weighted by atomic mass is 16.8. The molecule has 1 aliphatic carbocycles. The molecule has 116 valence electrons. The van der Waals surface area contributed by atoms with Gasteiger partial charge in [-0.05, 0) is 39.5 Å². The van der Waals surface area contributed by atoms with Crippen LogP contribution in [0, 0.1) is 0 Å². The number of hydrogen-bond acceptors (Lipinski definition) is 6. The third kappa shape index (κ3) is 7.33. The van der Waals surface area contributed by atoms with Crippen molar-refractivity contribution in [3.05, 3.63) is 0 Å². The smallest absolute Gasteiger partial charge is 0.431 e. The maximum atomic E-state index is 11.5. The van der Waals surface area contributed by atoms with Crippen molar-refractivity contribution < 1.29 is 28.5 Å². The predicted octanol–water partition coefficient (Wildman–Crippen LogP) is 2.79. The summed E-state index contributed by atoms with van der Waals surface area (Å²) in [4.78, 5) is 22.9. The summed E-state index contributed by atoms with van der Waals surface area (Å²) in [7, 11) is 0. The van der Waals surface area contributed by atoms with E-state index in [1.165, 1.54) is 13.3 Å². The molecule has 0 amide bonds. The highest BCUT2D eigenvalue weighted by molar-refractivity contribution is 5.71. The van der Waals surface area contributed by atoms with E-state index < -0.39 is 18.4 Å². The highest BCUT2D eigenvalue weighted by Gasteiger charge is 2.21. The van der Waals surface area contributed by atoms with Crippen LogP contribution < -0.4 is 0 Å². The zero-order chi connectivity index (χ0) is 15.0. The van der Waals surface area contributed by atoms with E-state index in [1.54, 1.807) is 0 Å². The van der Waals surface area contributed by atoms with Crippen molar-refractivity contribution in [2.45, 2.75) is 71.4 Å². The molecule has 0 aliphatic heterocycles. The monoisotopic (exact) mass is 288 g/mol. The SMILES string of the molecule is CC(C)OCC(=O)OC(C)OC(=O)OC1CCCCC1. The molecule has 0 aromatic carbocycles. The Morgan fingerprint density at radius 1 is 1.05 bits per heavy atom. The zero-order valence-electron chi connectivity index (χ0n) is 12.4. The molecule has 0 aromatic rings. The molecular weight excluding hydrogens is 264 g/mol. The van der Waals surface area contributed by atoms with E-state index in [-0.39, 0.29) is 18.8 Å². The van der Waals surface area contributed by atoms with E-state index in [4.69, 9.17) is 18.9 Å². The Morgan fingerprint density at radius 2 is 1.70 bits per heavy atom. The fourth-order valence-corrected chi connectivity index (χ4v) is 1.96. The molecule has 1 unspecified atom stereocenters. The van der Waals surface area contributed by atoms with Gasteiger partial charge in [0.05, 0.1) is 6.10 Å². The fourth-order valence-electron chi connectivity index (χ4n) is 1.96. The Kier molecular flexibility index (Phi) is 7.36. The van der Waals surface area contributed by atoms with Gasteiger partial charge in [0.25, 0.3) is 0 Å². The first-order valence-corrected chi connectivity index (χ1v) is 7.15. The Bertz CT molecular complexity index is 309. The highest BCUT2D eigenvalue weighted by Crippen LogP contribution is 2.20. The Labute approximate surface area is 119 Å². The van der Waals surface area contributed by atoms with Crippen molar-refractivity contribution in [1.82, 2.24) is 0 Å². The van der Waals surface area contributed by atoms with Crippen LogP contribution in [0.25, 0.3) is 0 Å². The molecule has 1 atom stereocenters. The van der Waals surface area contributed by atoms with Crippen LogP contribution in [0.4, 0.5) is 4.79 Å². The van der Waals surface area contributed by atoms with Gasteiger partial charge in [0.1, 0.15) is 12.7 Å². The molecule has 0 heterocycles. The Balaban J connectivity index is 2.18. The number of ether oxygens (including phenoxy) is 4. The van der Waals surface area contributed by atoms with Crippen LogP contribution in [0.15, 0.2) is 0 Å². The van der Waals surface area contributed by atoms with Crippen LogP contribution >= 0.6 is 0 Å². The molecule has 0 N–H and O–H groups in total. The van der Waals surface area contributed by atoms with Gasteiger partial charge in [-0.25, -0.2) is 9.59 Å². The fraction of sp³-hybridized carbons (Fsp3) is 0.857. The van der Waals surface area contributed by atoms with Gasteiger partial charge in [0, 0.05) is 6.92 Å². The molecule has 20 heavy (non-hydrogen) atoms. The number of esters is 1. The van der Waals surface area contributed by atoms with Crippen LogP contribution in [0.3, 0.4) is 0 Å². The average molecular weight is 288 g/mol. The van der Waals surface area contributed by atoms with E-state index in [0.717, 1.165) is 25.7 Å². The van der Waals surface area contributed by atoms with E-state index in [1.807, 2.05) is 13.8 Å². The molecule has 6 heteroatoms. The molecule has 0 bridgehead atoms. The van der Waals surface area contributed by atoms with Crippen molar-refractivity contribution in [1.29, 1.82) is 0 Å². The number of carbonyl (C=O) groups excluding carboxylic acids is 2. The molecule has 1 saturated carbocycles. The molecule has 6 nitrogen and oxygen atoms in total. The van der Waals surface area contributed by atoms with E-state index in [0.29, 0.717) is 0 Å². The van der Waals surface area contributed by atoms with Gasteiger partial charge in [-0.15, -0.1) is 0 Å². The van der Waals surface area contributed by atoms with Crippen molar-refractivity contribution in [2.24, 2.45) is 0 Å². The summed E-state index contributed by atoms with van der Waals surface area (Å²) in [6.45, 7) is 4.93. The summed E-state index contributed by atoms with van der Waals surface area (Å²) in [6.07, 6.45) is 3.13. The van der Waals surface area contributed by atoms with Crippen LogP contribution in [-0.2, 0) is 23.7 Å². The van der Waals surface area contributed by atoms with Gasteiger partial charge in [-0.1, -0.05) is 6.42 Å². The third-order valence-electron chi connectivity index (χ3n) is 2.91. The lowest BCUT2D eigenvalue weighted by atomic mass is 9.98. The van der Waals surface area contributed by atoms with Crippen LogP contribution in [0.2, 0.25) is 0 Å². The maximum absolute atomic E-state index is 11.5. The lowest BCUT2D eigenvalue weighted by molar-refractivity contribution is -0.175. The van der Waals surface area contributed by atoms with Gasteiger partial charge in [-0.3, -0.25) is 0 Å². The molecule has 1 rings (SSSR count). The van der Waals surface area contributed by atoms with Crippen molar-refractivity contribution in [2.75, 3.05) is 6.61 Å². The standard InChI is InChI=1S/C14H24O6/c1-10(2)17-9-13(15)18-11(3)19-14(16)20-12-7-5-4-6-8-12/h10-12H,4-9H2,1-3H3. The molecule has 0 aromatic heterocycles. The topological polar surface area (TPSA) is 71.1 Å². The summed E-state index contributed by atoms with van der Waals surface area (Å²) in [5.74, 6) is -0.573. The van der Waals surface area contributed by atoms with Crippen molar-refractivity contribution in [3.8, 4) is 0 Å². The second-order valence-corrected chi connectivity index (χ2v) is 5.16. The molecule has 1 aliphatic rings. The second-order valence-electron chi connectivity index (χ2n) is 5.16. The van der Waals surface area contributed by atoms with Crippen LogP contribution in [0.5, 0.6) is 0 Å². The van der Waals surface area contributed by atoms with Gasteiger partial charge in [0.2, 0.25) is 6.29 Å². The van der Waals surface area contributed by atoms with Crippen molar-refractivity contribution in [3.63, 3.8) is 0 Å². The Hall–Kier alpha value is -1.30. The quantitative estimate of drug-likeness (QED) is 0.553. The predicted molar refractivity (Wildman–Crippen MR) is 71.1 cm³/mol. The van der Waals surface area contributed by atoms with Crippen molar-refractivity contribution >= 4 is 12.1 Å². The largest absolute Gasteiger partial charge is 0.511 e. The van der Waals surface area contributed by atoms with E-state index >= 15 is 0 Å². The molecular formula is C14H24O6. The number of rotatable bonds is 6. The summed E-state index contributed by atoms with van der Waals surface area (Å²) in [5, 5.41) is 0. The summed E-state index contributed by atoms with van der Waals surface area (Å²) in [5.41, 5.74) is 0. The minimum absolute atomic E-state index is 0.0601. The summed E-state index contributed by atoms with van der Waals surface area (Å²) < 4.78 is 20.0. The van der Waals surface area contributed by atoms with Crippen LogP contribution in [0.1, 0.15) is 52.9 Å². The second kappa shape index (κ2) is 8.79. The average Bonchev–Trinajstić information content (AvgIpc) is 2.37.